The summed E-state index contributed by atoms with van der Waals surface area (Å²) in [5.41, 5.74) is 14.2. The van der Waals surface area contributed by atoms with E-state index in [2.05, 4.69) is 23.8 Å². The maximum absolute atomic E-state index is 14.4. The summed E-state index contributed by atoms with van der Waals surface area (Å²) in [6.45, 7) is 12.2. The SMILES string of the molecule is CC[C@@H]1c2cc3[nH]c4c(c5nc(cc6nc(cc([nH]2)[C@@H]1C)C(C(C)=O)=C6C)[C@@H](C)[C@@H]5CCC(=O)OC)C(=O)N(CCCN)C(=O)c4c3C. The molecule has 11 heteroatoms. The van der Waals surface area contributed by atoms with E-state index in [0.29, 0.717) is 64.4 Å². The van der Waals surface area contributed by atoms with Crippen LogP contribution >= 0.6 is 0 Å². The quantitative estimate of drug-likeness (QED) is 0.233. The Hall–Kier alpha value is -4.64. The lowest BCUT2D eigenvalue weighted by Gasteiger charge is -2.27. The third-order valence-electron chi connectivity index (χ3n) is 10.6. The van der Waals surface area contributed by atoms with Crippen molar-refractivity contribution in [3.05, 3.63) is 69.1 Å². The van der Waals surface area contributed by atoms with Gasteiger partial charge in [-0.15, -0.1) is 0 Å². The number of Topliss-reactive ketones (excluding diaryl/α,β-unsaturated/α-hetero) is 1. The van der Waals surface area contributed by atoms with Crippen molar-refractivity contribution in [1.29, 1.82) is 0 Å². The molecule has 6 heterocycles. The van der Waals surface area contributed by atoms with Gasteiger partial charge in [0.2, 0.25) is 0 Å². The van der Waals surface area contributed by atoms with Crippen molar-refractivity contribution >= 4 is 45.7 Å². The maximum Gasteiger partial charge on any atom is 0.305 e. The molecule has 0 aliphatic carbocycles. The van der Waals surface area contributed by atoms with Gasteiger partial charge in [0.15, 0.2) is 5.78 Å². The lowest BCUT2D eigenvalue weighted by molar-refractivity contribution is -0.140. The number of ether oxygens (including phenoxy) is 1. The highest BCUT2D eigenvalue weighted by Gasteiger charge is 2.41. The second kappa shape index (κ2) is 12.8. The Labute approximate surface area is 280 Å². The molecule has 4 aliphatic heterocycles. The highest BCUT2D eigenvalue weighted by Crippen LogP contribution is 2.45. The number of hydrogen-bond donors (Lipinski definition) is 3. The van der Waals surface area contributed by atoms with Crippen molar-refractivity contribution in [1.82, 2.24) is 24.8 Å². The number of esters is 1. The van der Waals surface area contributed by atoms with Gasteiger partial charge in [0.25, 0.3) is 11.8 Å². The lowest BCUT2D eigenvalue weighted by atomic mass is 9.84. The molecule has 2 aromatic heterocycles. The zero-order chi connectivity index (χ0) is 34.6. The minimum atomic E-state index is -0.439. The van der Waals surface area contributed by atoms with Gasteiger partial charge in [0, 0.05) is 64.8 Å². The molecular formula is C37H44N6O5. The van der Waals surface area contributed by atoms with Gasteiger partial charge in [-0.05, 0) is 75.9 Å². The van der Waals surface area contributed by atoms with E-state index in [9.17, 15) is 19.2 Å². The molecule has 48 heavy (non-hydrogen) atoms. The van der Waals surface area contributed by atoms with Crippen LogP contribution in [-0.2, 0) is 14.3 Å². The number of aromatic amines is 2. The summed E-state index contributed by atoms with van der Waals surface area (Å²) < 4.78 is 4.97. The Balaban J connectivity index is 1.77. The van der Waals surface area contributed by atoms with E-state index in [4.69, 9.17) is 20.4 Å². The van der Waals surface area contributed by atoms with Crippen LogP contribution < -0.4 is 5.73 Å². The average molecular weight is 653 g/mol. The number of nitrogens with one attached hydrogen (secondary N) is 2. The average Bonchev–Trinajstić information content (AvgIpc) is 3.73. The smallest absolute Gasteiger partial charge is 0.305 e. The summed E-state index contributed by atoms with van der Waals surface area (Å²) in [6.07, 6.45) is 1.83. The van der Waals surface area contributed by atoms with Crippen LogP contribution in [0.4, 0.5) is 0 Å². The number of H-pyrrole nitrogens is 2. The van der Waals surface area contributed by atoms with Crippen molar-refractivity contribution in [2.24, 2.45) is 5.73 Å². The number of allylic oxidation sites excluding steroid dienone is 2. The number of aromatic nitrogens is 4. The third-order valence-corrected chi connectivity index (χ3v) is 10.6. The third kappa shape index (κ3) is 5.34. The molecule has 2 amide bonds. The van der Waals surface area contributed by atoms with Crippen LogP contribution in [0.1, 0.15) is 144 Å². The predicted molar refractivity (Wildman–Crippen MR) is 183 cm³/mol. The zero-order valence-electron chi connectivity index (χ0n) is 28.7. The Bertz CT molecular complexity index is 1970. The summed E-state index contributed by atoms with van der Waals surface area (Å²) in [5.74, 6) is -1.51. The van der Waals surface area contributed by atoms with Crippen LogP contribution in [0.3, 0.4) is 0 Å². The number of nitrogens with two attached hydrogens (primary N) is 1. The zero-order valence-corrected chi connectivity index (χ0v) is 28.7. The van der Waals surface area contributed by atoms with Gasteiger partial charge in [0.05, 0.1) is 40.8 Å². The van der Waals surface area contributed by atoms with Crippen molar-refractivity contribution in [3.63, 3.8) is 0 Å². The highest BCUT2D eigenvalue weighted by molar-refractivity contribution is 6.27. The number of carbonyl (C=O) groups is 4. The first-order valence-corrected chi connectivity index (χ1v) is 16.8. The van der Waals surface area contributed by atoms with Gasteiger partial charge in [-0.25, -0.2) is 4.98 Å². The van der Waals surface area contributed by atoms with Crippen LogP contribution in [0.15, 0.2) is 18.2 Å². The number of methoxy groups -OCH3 is 1. The standard InChI is InChI=1S/C37H44N6O5/c1-8-22-17(2)24-16-29-31(21(6)44)19(4)26(40-29)14-25-18(3)23(10-11-30(45)48-7)34(41-25)33-35-32(20(5)27(42-35)15-28(22)39-24)36(46)43(37(33)47)13-9-12-38/h14-18,22-23,39,42H,8-13,38H2,1-7H3/t17-,18+,22+,23+/m1/s1. The molecular weight excluding hydrogens is 608 g/mol. The fourth-order valence-corrected chi connectivity index (χ4v) is 7.77. The predicted octanol–water partition coefficient (Wildman–Crippen LogP) is 5.95. The molecule has 252 valence electrons. The Morgan fingerprint density at radius 2 is 1.69 bits per heavy atom. The molecule has 8 bridgehead atoms. The summed E-state index contributed by atoms with van der Waals surface area (Å²) in [7, 11) is 1.35. The van der Waals surface area contributed by atoms with E-state index in [0.717, 1.165) is 34.5 Å². The monoisotopic (exact) mass is 652 g/mol. The molecule has 0 aromatic carbocycles. The molecule has 0 spiro atoms. The number of aryl methyl sites for hydroxylation is 1. The lowest BCUT2D eigenvalue weighted by Crippen LogP contribution is -2.42. The van der Waals surface area contributed by atoms with Crippen molar-refractivity contribution < 1.29 is 23.9 Å². The molecule has 4 N–H and O–H groups in total. The van der Waals surface area contributed by atoms with Gasteiger partial charge in [-0.3, -0.25) is 29.1 Å². The molecule has 0 saturated heterocycles. The van der Waals surface area contributed by atoms with Gasteiger partial charge in [-0.2, -0.15) is 0 Å². The molecule has 2 aromatic rings. The molecule has 0 saturated carbocycles. The van der Waals surface area contributed by atoms with Gasteiger partial charge in [0.1, 0.15) is 0 Å². The minimum Gasteiger partial charge on any atom is -0.469 e. The van der Waals surface area contributed by atoms with Crippen LogP contribution in [0.5, 0.6) is 0 Å². The number of nitrogens with zero attached hydrogens (tertiary/aromatic N) is 3. The van der Waals surface area contributed by atoms with E-state index in [1.165, 1.54) is 12.0 Å². The van der Waals surface area contributed by atoms with Crippen molar-refractivity contribution in [3.8, 4) is 0 Å². The number of amides is 2. The number of carbonyl (C=O) groups excluding carboxylic acids is 4. The van der Waals surface area contributed by atoms with Crippen LogP contribution in [-0.4, -0.2) is 68.6 Å². The molecule has 6 rings (SSSR count). The fraction of sp³-hybridized carbons (Fsp3) is 0.459. The van der Waals surface area contributed by atoms with Crippen LogP contribution in [0, 0.1) is 6.92 Å². The first kappa shape index (κ1) is 33.3. The normalized spacial score (nSPS) is 21.1. The van der Waals surface area contributed by atoms with Crippen molar-refractivity contribution in [2.45, 2.75) is 90.9 Å². The van der Waals surface area contributed by atoms with E-state index in [-0.39, 0.29) is 54.3 Å². The minimum absolute atomic E-state index is 0.0742. The Morgan fingerprint density at radius 3 is 2.35 bits per heavy atom. The molecule has 4 atom stereocenters. The van der Waals surface area contributed by atoms with E-state index >= 15 is 0 Å². The number of hydrogen-bond acceptors (Lipinski definition) is 8. The summed E-state index contributed by atoms with van der Waals surface area (Å²) >= 11 is 0. The Kier molecular flexibility index (Phi) is 8.84. The van der Waals surface area contributed by atoms with Gasteiger partial charge >= 0.3 is 5.97 Å². The number of fused-ring (bicyclic) bond motifs is 8. The molecule has 0 fully saturated rings. The van der Waals surface area contributed by atoms with Gasteiger partial charge < -0.3 is 20.4 Å². The first-order chi connectivity index (χ1) is 22.9. The first-order valence-electron chi connectivity index (χ1n) is 16.8. The van der Waals surface area contributed by atoms with Crippen LogP contribution in [0.2, 0.25) is 0 Å². The molecule has 0 unspecified atom stereocenters. The van der Waals surface area contributed by atoms with E-state index < -0.39 is 5.91 Å². The number of rotatable bonds is 8. The summed E-state index contributed by atoms with van der Waals surface area (Å²) in [5, 5.41) is 0. The van der Waals surface area contributed by atoms with Gasteiger partial charge in [-0.1, -0.05) is 20.8 Å². The van der Waals surface area contributed by atoms with E-state index in [1.807, 2.05) is 39.0 Å². The maximum atomic E-state index is 14.4. The second-order valence-electron chi connectivity index (χ2n) is 13.3. The second-order valence-corrected chi connectivity index (χ2v) is 13.3. The van der Waals surface area contributed by atoms with Crippen LogP contribution in [0.25, 0.3) is 22.2 Å². The molecule has 4 aliphatic rings. The summed E-state index contributed by atoms with van der Waals surface area (Å²) in [6, 6.07) is 5.90. The highest BCUT2D eigenvalue weighted by atomic mass is 16.5. The van der Waals surface area contributed by atoms with E-state index in [1.54, 1.807) is 6.92 Å². The Morgan fingerprint density at radius 1 is 0.958 bits per heavy atom. The molecule has 11 nitrogen and oxygen atoms in total. The topological polar surface area (TPSA) is 164 Å². The van der Waals surface area contributed by atoms with Crippen molar-refractivity contribution in [2.75, 3.05) is 20.2 Å². The summed E-state index contributed by atoms with van der Waals surface area (Å²) in [4.78, 5) is 72.3. The number of ketones is 1. The molecule has 0 radical (unpaired) electrons. The fourth-order valence-electron chi connectivity index (χ4n) is 7.77. The number of imide groups is 1. The largest absolute Gasteiger partial charge is 0.469 e.